The molecule has 77 heavy (non-hydrogen) atoms. The number of piperidine rings is 1. The maximum Gasteiger partial charge on any atom is 0.407 e. The van der Waals surface area contributed by atoms with Crippen molar-refractivity contribution in [2.24, 2.45) is 0 Å². The van der Waals surface area contributed by atoms with E-state index in [2.05, 4.69) is 53.5 Å². The monoisotopic (exact) mass is 1050 g/mol. The first-order valence-electron chi connectivity index (χ1n) is 26.2. The van der Waals surface area contributed by atoms with E-state index in [-0.39, 0.29) is 114 Å². The summed E-state index contributed by atoms with van der Waals surface area (Å²) in [5.41, 5.74) is 1.69. The molecule has 5 fully saturated rings. The van der Waals surface area contributed by atoms with Crippen LogP contribution in [0.5, 0.6) is 11.8 Å². The van der Waals surface area contributed by atoms with E-state index in [1.54, 1.807) is 25.1 Å². The molecule has 4 unspecified atom stereocenters. The second kappa shape index (κ2) is 21.5. The number of aromatic hydroxyl groups is 1. The summed E-state index contributed by atoms with van der Waals surface area (Å²) in [4.78, 5) is 70.8. The number of hydrogen-bond donors (Lipinski definition) is 5. The van der Waals surface area contributed by atoms with Crippen LogP contribution in [0.15, 0.2) is 60.8 Å². The maximum atomic E-state index is 17.2. The Balaban J connectivity index is 0.659. The van der Waals surface area contributed by atoms with Gasteiger partial charge in [-0.05, 0) is 87.2 Å². The number of fused-ring (bicyclic) bond motifs is 6. The lowest BCUT2D eigenvalue weighted by atomic mass is 9.94. The fourth-order valence-corrected chi connectivity index (χ4v) is 12.2. The minimum absolute atomic E-state index is 0.0232. The molecule has 5 aromatic rings. The highest BCUT2D eigenvalue weighted by molar-refractivity contribution is 6.22. The summed E-state index contributed by atoms with van der Waals surface area (Å²) in [6.45, 7) is 10.2. The fraction of sp³-hybridized carbons (Fsp3) is 0.446. The van der Waals surface area contributed by atoms with Crippen molar-refractivity contribution in [2.75, 3.05) is 82.6 Å². The van der Waals surface area contributed by atoms with Crippen molar-refractivity contribution >= 4 is 57.0 Å². The molecule has 3 aromatic carbocycles. The quantitative estimate of drug-likeness (QED) is 0.0320. The van der Waals surface area contributed by atoms with Gasteiger partial charge < -0.3 is 50.2 Å². The normalized spacial score (nSPS) is 23.8. The summed E-state index contributed by atoms with van der Waals surface area (Å²) in [5, 5.41) is 24.2. The molecular formula is C56H60F2N10O9. The van der Waals surface area contributed by atoms with Crippen molar-refractivity contribution in [3.05, 3.63) is 89.1 Å². The highest BCUT2D eigenvalue weighted by Crippen LogP contribution is 2.45. The second-order valence-electron chi connectivity index (χ2n) is 20.9. The molecule has 402 valence electrons. The Bertz CT molecular complexity index is 3230. The number of nitrogens with one attached hydrogen (secondary N) is 4. The zero-order valence-corrected chi connectivity index (χ0v) is 42.7. The number of hydrogen-bond acceptors (Lipinski definition) is 16. The smallest absolute Gasteiger partial charge is 0.407 e. The number of aromatic nitrogens is 3. The number of nitrogens with zero attached hydrogens (tertiary/aromatic N) is 6. The number of rotatable bonds is 18. The van der Waals surface area contributed by atoms with Gasteiger partial charge in [0.25, 0.3) is 11.8 Å². The standard InChI is InChI=1S/C56H60F2N10O9/c1-4-39-44(57)10-5-33-21-38(69)23-42(47(33)39)49-48(58)50-43(25-61-49)51(66-27-35-6-7-36(28-66)63-35)65-54(64-50)77-30-56-14-13-37(67(56)26-31(2)24-56)29-76-55(73)60-16-18-75-20-19-74-17-15-59-34-8-9-40-41(22-34)53(72)68(52(40)71)45-11-12-46(70)62-32(45)3/h1,5,8-10,21-23,25,32,35-37,45,59,63,69H,2,6-7,11-20,24,26-30H2,3H3,(H,60,73)(H,62,70)/t32?,35?,36?,37-,45?,56-/m0/s1. The topological polar surface area (TPSA) is 222 Å². The van der Waals surface area contributed by atoms with Gasteiger partial charge in [-0.15, -0.1) is 6.42 Å². The van der Waals surface area contributed by atoms with Crippen LogP contribution in [0.3, 0.4) is 0 Å². The molecule has 5 N–H and O–H groups in total. The average Bonchev–Trinajstić information content (AvgIpc) is 4.22. The number of alkyl carbamates (subject to hydrolysis) is 1. The van der Waals surface area contributed by atoms with Gasteiger partial charge >= 0.3 is 12.1 Å². The number of anilines is 2. The van der Waals surface area contributed by atoms with Crippen LogP contribution in [0, 0.1) is 24.0 Å². The van der Waals surface area contributed by atoms with Crippen LogP contribution in [0.4, 0.5) is 25.1 Å². The lowest BCUT2D eigenvalue weighted by Gasteiger charge is -2.35. The SMILES string of the molecule is C#Cc1c(F)ccc2cc(O)cc(-c3ncc4c(N5CC6CCC(C5)N6)nc(OC[C@@]56CC[C@@H](COC(=O)NCCOCCOCCNc7ccc8c(c7)C(=O)N(C7CCC(=O)NC7C)C8=O)N5CC(=C)C6)nc4c3F)c12. The predicted octanol–water partition coefficient (Wildman–Crippen LogP) is 5.43. The van der Waals surface area contributed by atoms with E-state index >= 15 is 8.78 Å². The lowest BCUT2D eigenvalue weighted by Crippen LogP contribution is -2.55. The summed E-state index contributed by atoms with van der Waals surface area (Å²) < 4.78 is 55.8. The molecule has 19 nitrogen and oxygen atoms in total. The van der Waals surface area contributed by atoms with E-state index < -0.39 is 29.3 Å². The number of pyridine rings is 1. The zero-order chi connectivity index (χ0) is 53.5. The van der Waals surface area contributed by atoms with Crippen molar-refractivity contribution in [3.63, 3.8) is 0 Å². The molecule has 21 heteroatoms. The number of terminal acetylenes is 1. The van der Waals surface area contributed by atoms with Crippen LogP contribution in [-0.4, -0.2) is 162 Å². The third-order valence-electron chi connectivity index (χ3n) is 15.8. The molecule has 4 amide bonds. The van der Waals surface area contributed by atoms with Crippen LogP contribution in [0.2, 0.25) is 0 Å². The molecule has 11 rings (SSSR count). The van der Waals surface area contributed by atoms with Crippen molar-refractivity contribution in [3.8, 4) is 35.4 Å². The Labute approximate surface area is 443 Å². The number of carbonyl (C=O) groups is 4. The minimum atomic E-state index is -0.799. The van der Waals surface area contributed by atoms with E-state index in [4.69, 9.17) is 30.4 Å². The number of amides is 4. The average molecular weight is 1060 g/mol. The highest BCUT2D eigenvalue weighted by atomic mass is 19.1. The van der Waals surface area contributed by atoms with Gasteiger partial charge in [0.1, 0.15) is 41.8 Å². The molecule has 6 aliphatic heterocycles. The number of carbonyl (C=O) groups excluding carboxylic acids is 4. The summed E-state index contributed by atoms with van der Waals surface area (Å²) in [5.74, 6) is 0.442. The van der Waals surface area contributed by atoms with Gasteiger partial charge in [0.2, 0.25) is 5.91 Å². The van der Waals surface area contributed by atoms with E-state index in [1.807, 2.05) is 0 Å². The van der Waals surface area contributed by atoms with Crippen LogP contribution < -0.4 is 30.9 Å². The first kappa shape index (κ1) is 51.6. The fourth-order valence-electron chi connectivity index (χ4n) is 12.2. The van der Waals surface area contributed by atoms with Crippen molar-refractivity contribution < 1.29 is 52.0 Å². The molecule has 2 aromatic heterocycles. The first-order chi connectivity index (χ1) is 37.3. The van der Waals surface area contributed by atoms with Gasteiger partial charge in [-0.1, -0.05) is 24.1 Å². The number of benzene rings is 3. The number of imide groups is 1. The molecule has 5 saturated heterocycles. The van der Waals surface area contributed by atoms with Gasteiger partial charge in [-0.25, -0.2) is 13.6 Å². The summed E-state index contributed by atoms with van der Waals surface area (Å²) >= 11 is 0. The maximum absolute atomic E-state index is 17.2. The predicted molar refractivity (Wildman–Crippen MR) is 281 cm³/mol. The Morgan fingerprint density at radius 3 is 2.52 bits per heavy atom. The molecule has 6 atom stereocenters. The van der Waals surface area contributed by atoms with E-state index in [0.29, 0.717) is 92.2 Å². The molecule has 0 spiro atoms. The number of phenolic OH excluding ortho intramolecular Hbond substituents is 1. The zero-order valence-electron chi connectivity index (χ0n) is 42.7. The van der Waals surface area contributed by atoms with Crippen LogP contribution in [0.25, 0.3) is 32.9 Å². The van der Waals surface area contributed by atoms with Crippen LogP contribution in [-0.2, 0) is 19.0 Å². The first-order valence-corrected chi connectivity index (χ1v) is 26.2. The third kappa shape index (κ3) is 10.2. The Hall–Kier alpha value is -7.51. The summed E-state index contributed by atoms with van der Waals surface area (Å²) in [6.07, 6.45) is 11.5. The van der Waals surface area contributed by atoms with Crippen molar-refractivity contribution in [1.29, 1.82) is 0 Å². The molecule has 0 aliphatic carbocycles. The molecule has 2 bridgehead atoms. The van der Waals surface area contributed by atoms with E-state index in [1.165, 1.54) is 35.4 Å². The van der Waals surface area contributed by atoms with Crippen molar-refractivity contribution in [1.82, 2.24) is 40.7 Å². The number of ether oxygens (including phenoxy) is 4. The van der Waals surface area contributed by atoms with Crippen molar-refractivity contribution in [2.45, 2.75) is 87.6 Å². The van der Waals surface area contributed by atoms with Gasteiger partial charge in [-0.2, -0.15) is 9.97 Å². The highest BCUT2D eigenvalue weighted by Gasteiger charge is 2.52. The van der Waals surface area contributed by atoms with Gasteiger partial charge in [0.05, 0.1) is 60.1 Å². The number of piperazine rings is 1. The second-order valence-corrected chi connectivity index (χ2v) is 20.9. The molecular weight excluding hydrogens is 995 g/mol. The van der Waals surface area contributed by atoms with Crippen LogP contribution in [0.1, 0.15) is 78.1 Å². The Morgan fingerprint density at radius 2 is 1.74 bits per heavy atom. The Kier molecular flexibility index (Phi) is 14.4. The molecule has 0 saturated carbocycles. The van der Waals surface area contributed by atoms with Gasteiger partial charge in [0.15, 0.2) is 5.82 Å². The number of halogens is 2. The van der Waals surface area contributed by atoms with Gasteiger partial charge in [0, 0.05) is 86.1 Å². The lowest BCUT2D eigenvalue weighted by molar-refractivity contribution is -0.124. The van der Waals surface area contributed by atoms with Crippen LogP contribution >= 0.6 is 0 Å². The summed E-state index contributed by atoms with van der Waals surface area (Å²) in [7, 11) is 0. The number of phenols is 1. The third-order valence-corrected chi connectivity index (χ3v) is 15.8. The Morgan fingerprint density at radius 1 is 0.961 bits per heavy atom. The van der Waals surface area contributed by atoms with E-state index in [9.17, 15) is 24.3 Å². The largest absolute Gasteiger partial charge is 0.508 e. The minimum Gasteiger partial charge on any atom is -0.508 e. The summed E-state index contributed by atoms with van der Waals surface area (Å²) in [6, 6.07) is 10.1. The molecule has 8 heterocycles. The molecule has 6 aliphatic rings. The molecule has 0 radical (unpaired) electrons. The van der Waals surface area contributed by atoms with Gasteiger partial charge in [-0.3, -0.25) is 29.2 Å². The van der Waals surface area contributed by atoms with E-state index in [0.717, 1.165) is 31.3 Å².